The molecule has 4 heterocycles. The third kappa shape index (κ3) is 4.10. The van der Waals surface area contributed by atoms with Crippen molar-refractivity contribution in [1.82, 2.24) is 0 Å². The van der Waals surface area contributed by atoms with E-state index in [1.165, 1.54) is 69.1 Å². The first-order chi connectivity index (χ1) is 14.6. The molecule has 0 N–H and O–H groups in total. The van der Waals surface area contributed by atoms with Gasteiger partial charge in [0.15, 0.2) is 0 Å². The molecule has 0 nitrogen and oxygen atoms in total. The van der Waals surface area contributed by atoms with E-state index in [9.17, 15) is 0 Å². The average Bonchev–Trinajstić information content (AvgIpc) is 3.48. The largest absolute Gasteiger partial charge is 0.139 e. The van der Waals surface area contributed by atoms with Crippen molar-refractivity contribution >= 4 is 54.7 Å². The SMILES string of the molecule is CCCC(C)(C)c1ccc(-c2sc3c(C)c(-c4ccc(C(C)(C)CC)s4)sc3c2C)s1. The molecule has 31 heavy (non-hydrogen) atoms. The summed E-state index contributed by atoms with van der Waals surface area (Å²) in [6.45, 7) is 18.7. The summed E-state index contributed by atoms with van der Waals surface area (Å²) in [5.41, 5.74) is 3.46. The van der Waals surface area contributed by atoms with Crippen molar-refractivity contribution in [2.45, 2.75) is 85.5 Å². The van der Waals surface area contributed by atoms with Crippen molar-refractivity contribution in [3.05, 3.63) is 45.1 Å². The highest BCUT2D eigenvalue weighted by Crippen LogP contribution is 2.51. The van der Waals surface area contributed by atoms with Crippen LogP contribution in [0.4, 0.5) is 0 Å². The van der Waals surface area contributed by atoms with Crippen LogP contribution in [0, 0.1) is 13.8 Å². The molecular formula is C27H34S4. The Hall–Kier alpha value is -0.940. The summed E-state index contributed by atoms with van der Waals surface area (Å²) in [6.07, 6.45) is 3.65. The first-order valence-corrected chi connectivity index (χ1v) is 14.6. The van der Waals surface area contributed by atoms with Crippen molar-refractivity contribution in [2.24, 2.45) is 0 Å². The third-order valence-corrected chi connectivity index (χ3v) is 12.9. The fourth-order valence-electron chi connectivity index (χ4n) is 4.19. The van der Waals surface area contributed by atoms with Crippen LogP contribution >= 0.6 is 45.3 Å². The van der Waals surface area contributed by atoms with Gasteiger partial charge in [-0.2, -0.15) is 0 Å². The van der Waals surface area contributed by atoms with Crippen LogP contribution in [0.3, 0.4) is 0 Å². The third-order valence-electron chi connectivity index (χ3n) is 6.73. The second kappa shape index (κ2) is 8.44. The quantitative estimate of drug-likeness (QED) is 0.244. The van der Waals surface area contributed by atoms with Crippen LogP contribution in [-0.2, 0) is 10.8 Å². The standard InChI is InChI=1S/C27H34S4/c1-9-15-27(7,8)21-14-12-19(29-21)23-17(4)25-24(31-23)16(3)22(30-25)18-11-13-20(28-18)26(5,6)10-2/h11-14H,9-10,15H2,1-8H3. The lowest BCUT2D eigenvalue weighted by Gasteiger charge is -2.22. The van der Waals surface area contributed by atoms with Gasteiger partial charge >= 0.3 is 0 Å². The number of hydrogen-bond acceptors (Lipinski definition) is 4. The fourth-order valence-corrected chi connectivity index (χ4v) is 9.64. The Kier molecular flexibility index (Phi) is 6.33. The predicted octanol–water partition coefficient (Wildman–Crippen LogP) is 10.8. The van der Waals surface area contributed by atoms with Crippen molar-refractivity contribution in [3.63, 3.8) is 0 Å². The lowest BCUT2D eigenvalue weighted by Crippen LogP contribution is -2.14. The smallest absolute Gasteiger partial charge is 0.0496 e. The normalized spacial score (nSPS) is 12.9. The van der Waals surface area contributed by atoms with Crippen molar-refractivity contribution in [1.29, 1.82) is 0 Å². The minimum Gasteiger partial charge on any atom is -0.139 e. The number of thiophene rings is 4. The summed E-state index contributed by atoms with van der Waals surface area (Å²) >= 11 is 7.98. The maximum Gasteiger partial charge on any atom is 0.0496 e. The summed E-state index contributed by atoms with van der Waals surface area (Å²) in [5, 5.41) is 0. The van der Waals surface area contributed by atoms with Gasteiger partial charge in [0.1, 0.15) is 0 Å². The van der Waals surface area contributed by atoms with E-state index >= 15 is 0 Å². The van der Waals surface area contributed by atoms with Crippen molar-refractivity contribution in [3.8, 4) is 19.5 Å². The first kappa shape index (κ1) is 23.2. The molecule has 4 aromatic heterocycles. The Balaban J connectivity index is 1.72. The molecule has 0 aliphatic carbocycles. The Morgan fingerprint density at radius 1 is 0.645 bits per heavy atom. The molecule has 0 atom stereocenters. The summed E-state index contributed by atoms with van der Waals surface area (Å²) in [6, 6.07) is 9.41. The second-order valence-electron chi connectivity index (χ2n) is 9.97. The summed E-state index contributed by atoms with van der Waals surface area (Å²) in [7, 11) is 0. The highest BCUT2D eigenvalue weighted by atomic mass is 32.1. The molecule has 4 rings (SSSR count). The number of hydrogen-bond donors (Lipinski definition) is 0. The Morgan fingerprint density at radius 3 is 1.52 bits per heavy atom. The highest BCUT2D eigenvalue weighted by molar-refractivity contribution is 7.34. The van der Waals surface area contributed by atoms with Crippen LogP contribution in [0.2, 0.25) is 0 Å². The molecule has 0 aromatic carbocycles. The Morgan fingerprint density at radius 2 is 1.10 bits per heavy atom. The molecule has 0 saturated carbocycles. The van der Waals surface area contributed by atoms with E-state index in [4.69, 9.17) is 0 Å². The van der Waals surface area contributed by atoms with Gasteiger partial charge < -0.3 is 0 Å². The van der Waals surface area contributed by atoms with E-state index in [-0.39, 0.29) is 10.8 Å². The number of fused-ring (bicyclic) bond motifs is 1. The van der Waals surface area contributed by atoms with Gasteiger partial charge in [-0.25, -0.2) is 0 Å². The van der Waals surface area contributed by atoms with Crippen molar-refractivity contribution < 1.29 is 0 Å². The zero-order valence-electron chi connectivity index (χ0n) is 20.1. The number of rotatable bonds is 7. The van der Waals surface area contributed by atoms with Gasteiger partial charge in [-0.1, -0.05) is 48.0 Å². The molecule has 0 bridgehead atoms. The lowest BCUT2D eigenvalue weighted by molar-refractivity contribution is 0.482. The van der Waals surface area contributed by atoms with E-state index in [0.29, 0.717) is 0 Å². The molecule has 0 aliphatic heterocycles. The minimum atomic E-state index is 0.261. The van der Waals surface area contributed by atoms with Gasteiger partial charge in [0.25, 0.3) is 0 Å². The molecule has 0 saturated heterocycles. The van der Waals surface area contributed by atoms with Gasteiger partial charge in [0, 0.05) is 38.7 Å². The van der Waals surface area contributed by atoms with Crippen molar-refractivity contribution in [2.75, 3.05) is 0 Å². The molecule has 0 spiro atoms. The summed E-state index contributed by atoms with van der Waals surface area (Å²) < 4.78 is 2.97. The fraction of sp³-hybridized carbons (Fsp3) is 0.481. The van der Waals surface area contributed by atoms with Gasteiger partial charge in [0.05, 0.1) is 0 Å². The predicted molar refractivity (Wildman–Crippen MR) is 147 cm³/mol. The maximum atomic E-state index is 2.39. The van der Waals surface area contributed by atoms with Gasteiger partial charge in [0.2, 0.25) is 0 Å². The zero-order chi connectivity index (χ0) is 22.6. The second-order valence-corrected chi connectivity index (χ2v) is 14.2. The minimum absolute atomic E-state index is 0.261. The van der Waals surface area contributed by atoms with Crippen LogP contribution in [0.25, 0.3) is 28.9 Å². The summed E-state index contributed by atoms with van der Waals surface area (Å²) in [5.74, 6) is 0. The molecule has 0 fully saturated rings. The van der Waals surface area contributed by atoms with Crippen LogP contribution < -0.4 is 0 Å². The first-order valence-electron chi connectivity index (χ1n) is 11.3. The van der Waals surface area contributed by atoms with Gasteiger partial charge in [-0.05, 0) is 72.9 Å². The monoisotopic (exact) mass is 486 g/mol. The van der Waals surface area contributed by atoms with E-state index < -0.39 is 0 Å². The van der Waals surface area contributed by atoms with E-state index in [1.807, 2.05) is 45.3 Å². The molecule has 4 aromatic rings. The van der Waals surface area contributed by atoms with E-state index in [2.05, 4.69) is 79.7 Å². The van der Waals surface area contributed by atoms with Crippen LogP contribution in [-0.4, -0.2) is 0 Å². The molecule has 0 amide bonds. The average molecular weight is 487 g/mol. The molecule has 166 valence electrons. The summed E-state index contributed by atoms with van der Waals surface area (Å²) in [4.78, 5) is 8.83. The topological polar surface area (TPSA) is 0 Å². The zero-order valence-corrected chi connectivity index (χ0v) is 23.3. The van der Waals surface area contributed by atoms with E-state index in [1.54, 1.807) is 0 Å². The van der Waals surface area contributed by atoms with Crippen LogP contribution in [0.1, 0.15) is 81.7 Å². The lowest BCUT2D eigenvalue weighted by atomic mass is 9.86. The molecule has 4 heteroatoms. The Bertz CT molecular complexity index is 1210. The Labute approximate surface area is 204 Å². The van der Waals surface area contributed by atoms with E-state index in [0.717, 1.165) is 0 Å². The van der Waals surface area contributed by atoms with Crippen LogP contribution in [0.15, 0.2) is 24.3 Å². The van der Waals surface area contributed by atoms with Gasteiger partial charge in [-0.15, -0.1) is 45.3 Å². The highest BCUT2D eigenvalue weighted by Gasteiger charge is 2.25. The molecular weight excluding hydrogens is 453 g/mol. The molecule has 0 aliphatic rings. The van der Waals surface area contributed by atoms with Crippen LogP contribution in [0.5, 0.6) is 0 Å². The maximum absolute atomic E-state index is 2.39. The van der Waals surface area contributed by atoms with Gasteiger partial charge in [-0.3, -0.25) is 0 Å². The number of aryl methyl sites for hydroxylation is 2. The molecule has 0 radical (unpaired) electrons. The molecule has 0 unspecified atom stereocenters.